The van der Waals surface area contributed by atoms with E-state index in [1.807, 2.05) is 6.92 Å². The molecule has 0 saturated heterocycles. The molecule has 0 amide bonds. The largest absolute Gasteiger partial charge is 0.231 e. The van der Waals surface area contributed by atoms with E-state index in [4.69, 9.17) is 23.2 Å². The van der Waals surface area contributed by atoms with Gasteiger partial charge in [0, 0.05) is 5.38 Å². The van der Waals surface area contributed by atoms with Crippen LogP contribution in [0.15, 0.2) is 0 Å². The molecule has 0 rings (SSSR count). The molecule has 0 aromatic heterocycles. The molecule has 0 spiro atoms. The number of rotatable bonds is 4. The molecule has 3 atom stereocenters. The molecule has 0 aliphatic heterocycles. The fourth-order valence-corrected chi connectivity index (χ4v) is 1.03. The standard InChI is InChI=1S/C7H13Cl2O/c1-3-4-6(10)7(9)5(2)8/h5-7H,3-4H2,1-2H3. The van der Waals surface area contributed by atoms with E-state index in [1.165, 1.54) is 0 Å². The molecule has 0 aromatic carbocycles. The molecule has 0 aliphatic rings. The van der Waals surface area contributed by atoms with E-state index >= 15 is 0 Å². The lowest BCUT2D eigenvalue weighted by Crippen LogP contribution is -2.26. The highest BCUT2D eigenvalue weighted by atomic mass is 35.5. The third kappa shape index (κ3) is 3.65. The van der Waals surface area contributed by atoms with Gasteiger partial charge in [0.1, 0.15) is 6.10 Å². The molecule has 0 aliphatic carbocycles. The van der Waals surface area contributed by atoms with Crippen molar-refractivity contribution in [2.75, 3.05) is 0 Å². The Morgan fingerprint density at radius 1 is 1.40 bits per heavy atom. The molecule has 0 saturated carbocycles. The second-order valence-electron chi connectivity index (χ2n) is 2.45. The van der Waals surface area contributed by atoms with Gasteiger partial charge in [-0.15, -0.1) is 23.2 Å². The molecule has 1 nitrogen and oxygen atoms in total. The van der Waals surface area contributed by atoms with Crippen LogP contribution in [0, 0.1) is 0 Å². The Bertz CT molecular complexity index is 85.7. The summed E-state index contributed by atoms with van der Waals surface area (Å²) in [6, 6.07) is 0. The normalized spacial score (nSPS) is 20.1. The molecule has 61 valence electrons. The Morgan fingerprint density at radius 3 is 2.20 bits per heavy atom. The molecule has 0 bridgehead atoms. The first kappa shape index (κ1) is 10.5. The van der Waals surface area contributed by atoms with Crippen LogP contribution < -0.4 is 0 Å². The van der Waals surface area contributed by atoms with Gasteiger partial charge in [-0.3, -0.25) is 0 Å². The van der Waals surface area contributed by atoms with E-state index in [0.717, 1.165) is 6.42 Å². The molecular weight excluding hydrogens is 171 g/mol. The molecule has 0 N–H and O–H groups in total. The van der Waals surface area contributed by atoms with Crippen LogP contribution in [0.3, 0.4) is 0 Å². The minimum absolute atomic E-state index is 0.226. The molecule has 10 heavy (non-hydrogen) atoms. The van der Waals surface area contributed by atoms with Crippen LogP contribution in [0.2, 0.25) is 0 Å². The summed E-state index contributed by atoms with van der Waals surface area (Å²) in [5, 5.41) is 10.4. The van der Waals surface area contributed by atoms with Crippen molar-refractivity contribution in [1.82, 2.24) is 0 Å². The highest BCUT2D eigenvalue weighted by Crippen LogP contribution is 2.16. The summed E-state index contributed by atoms with van der Waals surface area (Å²) in [5.74, 6) is 0. The SMILES string of the molecule is CCCC([O])C(Cl)C(C)Cl. The lowest BCUT2D eigenvalue weighted by molar-refractivity contribution is 0.0765. The van der Waals surface area contributed by atoms with Gasteiger partial charge < -0.3 is 0 Å². The third-order valence-corrected chi connectivity index (χ3v) is 2.43. The summed E-state index contributed by atoms with van der Waals surface area (Å²) in [6.07, 6.45) is 0.783. The Balaban J connectivity index is 3.58. The van der Waals surface area contributed by atoms with Gasteiger partial charge >= 0.3 is 0 Å². The van der Waals surface area contributed by atoms with Gasteiger partial charge in [0.2, 0.25) is 0 Å². The van der Waals surface area contributed by atoms with Crippen LogP contribution in [0.5, 0.6) is 0 Å². The van der Waals surface area contributed by atoms with E-state index in [-0.39, 0.29) is 5.38 Å². The predicted octanol–water partition coefficient (Wildman–Crippen LogP) is 2.82. The monoisotopic (exact) mass is 183 g/mol. The van der Waals surface area contributed by atoms with Gasteiger partial charge in [-0.2, -0.15) is 0 Å². The Labute approximate surface area is 72.3 Å². The van der Waals surface area contributed by atoms with E-state index in [1.54, 1.807) is 6.92 Å². The van der Waals surface area contributed by atoms with Crippen molar-refractivity contribution in [2.24, 2.45) is 0 Å². The van der Waals surface area contributed by atoms with Crippen molar-refractivity contribution in [2.45, 2.75) is 43.5 Å². The summed E-state index contributed by atoms with van der Waals surface area (Å²) in [5.41, 5.74) is 0. The van der Waals surface area contributed by atoms with Crippen LogP contribution in [0.25, 0.3) is 0 Å². The Morgan fingerprint density at radius 2 is 1.90 bits per heavy atom. The minimum atomic E-state index is -0.709. The zero-order valence-electron chi connectivity index (χ0n) is 6.31. The Hall–Kier alpha value is 0.540. The van der Waals surface area contributed by atoms with Gasteiger partial charge in [0.15, 0.2) is 0 Å². The molecule has 0 aromatic rings. The number of alkyl halides is 2. The maximum Gasteiger partial charge on any atom is 0.111 e. The fraction of sp³-hybridized carbons (Fsp3) is 1.00. The van der Waals surface area contributed by atoms with Gasteiger partial charge in [-0.05, 0) is 13.3 Å². The Kier molecular flexibility index (Phi) is 5.51. The average molecular weight is 184 g/mol. The molecule has 0 heterocycles. The van der Waals surface area contributed by atoms with E-state index < -0.39 is 11.5 Å². The first-order chi connectivity index (χ1) is 4.59. The molecule has 1 radical (unpaired) electrons. The van der Waals surface area contributed by atoms with Crippen molar-refractivity contribution in [3.05, 3.63) is 0 Å². The van der Waals surface area contributed by atoms with Crippen molar-refractivity contribution < 1.29 is 5.11 Å². The van der Waals surface area contributed by atoms with E-state index in [9.17, 15) is 5.11 Å². The van der Waals surface area contributed by atoms with E-state index in [2.05, 4.69) is 0 Å². The van der Waals surface area contributed by atoms with Crippen molar-refractivity contribution in [1.29, 1.82) is 0 Å². The number of hydrogen-bond acceptors (Lipinski definition) is 0. The maximum absolute atomic E-state index is 11.1. The summed E-state index contributed by atoms with van der Waals surface area (Å²) in [7, 11) is 0. The summed E-state index contributed by atoms with van der Waals surface area (Å²) in [4.78, 5) is 0. The predicted molar refractivity (Wildman–Crippen MR) is 44.3 cm³/mol. The van der Waals surface area contributed by atoms with Crippen LogP contribution in [0.1, 0.15) is 26.7 Å². The minimum Gasteiger partial charge on any atom is -0.231 e. The third-order valence-electron chi connectivity index (χ3n) is 1.37. The number of halogens is 2. The first-order valence-corrected chi connectivity index (χ1v) is 4.40. The lowest BCUT2D eigenvalue weighted by atomic mass is 10.1. The highest BCUT2D eigenvalue weighted by Gasteiger charge is 2.21. The second kappa shape index (κ2) is 5.22. The van der Waals surface area contributed by atoms with Crippen molar-refractivity contribution in [3.63, 3.8) is 0 Å². The van der Waals surface area contributed by atoms with Crippen molar-refractivity contribution >= 4 is 23.2 Å². The molecule has 3 heteroatoms. The maximum atomic E-state index is 11.1. The van der Waals surface area contributed by atoms with Gasteiger partial charge in [-0.1, -0.05) is 13.3 Å². The number of hydrogen-bond donors (Lipinski definition) is 0. The lowest BCUT2D eigenvalue weighted by Gasteiger charge is -2.15. The van der Waals surface area contributed by atoms with Crippen molar-refractivity contribution in [3.8, 4) is 0 Å². The smallest absolute Gasteiger partial charge is 0.111 e. The highest BCUT2D eigenvalue weighted by molar-refractivity contribution is 6.30. The topological polar surface area (TPSA) is 19.9 Å². The molecule has 3 unspecified atom stereocenters. The van der Waals surface area contributed by atoms with E-state index in [0.29, 0.717) is 6.42 Å². The average Bonchev–Trinajstić information content (AvgIpc) is 1.87. The first-order valence-electron chi connectivity index (χ1n) is 3.53. The van der Waals surface area contributed by atoms with Crippen LogP contribution in [-0.2, 0) is 5.11 Å². The quantitative estimate of drug-likeness (QED) is 0.598. The van der Waals surface area contributed by atoms with Crippen LogP contribution in [-0.4, -0.2) is 16.9 Å². The summed E-state index contributed by atoms with van der Waals surface area (Å²) >= 11 is 11.3. The zero-order valence-corrected chi connectivity index (χ0v) is 7.82. The van der Waals surface area contributed by atoms with Crippen LogP contribution in [0.4, 0.5) is 0 Å². The van der Waals surface area contributed by atoms with Gasteiger partial charge in [0.05, 0.1) is 5.38 Å². The molecular formula is C7H13Cl2O. The zero-order chi connectivity index (χ0) is 8.15. The van der Waals surface area contributed by atoms with Gasteiger partial charge in [-0.25, -0.2) is 5.11 Å². The van der Waals surface area contributed by atoms with Crippen LogP contribution >= 0.6 is 23.2 Å². The van der Waals surface area contributed by atoms with Gasteiger partial charge in [0.25, 0.3) is 0 Å². The summed E-state index contributed by atoms with van der Waals surface area (Å²) in [6.45, 7) is 3.72. The second-order valence-corrected chi connectivity index (χ2v) is 3.64. The molecule has 0 fully saturated rings. The summed E-state index contributed by atoms with van der Waals surface area (Å²) < 4.78 is 0. The fourth-order valence-electron chi connectivity index (χ4n) is 0.740.